The first-order chi connectivity index (χ1) is 9.11. The molecule has 0 atom stereocenters. The number of benzene rings is 1. The lowest BCUT2D eigenvalue weighted by Gasteiger charge is -2.06. The van der Waals surface area contributed by atoms with Crippen LogP contribution in [-0.4, -0.2) is 15.7 Å². The summed E-state index contributed by atoms with van der Waals surface area (Å²) in [7, 11) is 0. The zero-order chi connectivity index (χ0) is 13.8. The second kappa shape index (κ2) is 5.75. The van der Waals surface area contributed by atoms with Crippen molar-refractivity contribution in [2.24, 2.45) is 0 Å². The van der Waals surface area contributed by atoms with Crippen molar-refractivity contribution in [2.45, 2.75) is 20.1 Å². The molecule has 19 heavy (non-hydrogen) atoms. The monoisotopic (exact) mass is 279 g/mol. The molecule has 1 aromatic carbocycles. The second-order valence-corrected chi connectivity index (χ2v) is 4.37. The maximum absolute atomic E-state index is 11.9. The molecule has 100 valence electrons. The molecule has 0 aliphatic rings. The molecule has 0 fully saturated rings. The Morgan fingerprint density at radius 2 is 2.32 bits per heavy atom. The van der Waals surface area contributed by atoms with Gasteiger partial charge in [0.2, 0.25) is 0 Å². The summed E-state index contributed by atoms with van der Waals surface area (Å²) in [5.41, 5.74) is 7.09. The van der Waals surface area contributed by atoms with E-state index in [1.54, 1.807) is 29.1 Å². The molecule has 0 aliphatic heterocycles. The minimum atomic E-state index is -0.499. The van der Waals surface area contributed by atoms with E-state index in [4.69, 9.17) is 22.1 Å². The van der Waals surface area contributed by atoms with E-state index in [2.05, 4.69) is 5.10 Å². The van der Waals surface area contributed by atoms with E-state index in [0.29, 0.717) is 5.69 Å². The SMILES string of the molecule is CCn1cc(COC(=O)c2cccc(N)c2Cl)cn1. The molecule has 0 saturated heterocycles. The summed E-state index contributed by atoms with van der Waals surface area (Å²) in [5.74, 6) is -0.499. The molecule has 0 unspecified atom stereocenters. The number of carbonyl (C=O) groups excluding carboxylic acids is 1. The average molecular weight is 280 g/mol. The van der Waals surface area contributed by atoms with Crippen molar-refractivity contribution in [1.29, 1.82) is 0 Å². The Bertz CT molecular complexity index is 595. The minimum Gasteiger partial charge on any atom is -0.457 e. The third-order valence-electron chi connectivity index (χ3n) is 2.63. The number of aryl methyl sites for hydroxylation is 1. The van der Waals surface area contributed by atoms with Gasteiger partial charge in [-0.2, -0.15) is 5.10 Å². The summed E-state index contributed by atoms with van der Waals surface area (Å²) < 4.78 is 6.94. The molecular formula is C13H14ClN3O2. The van der Waals surface area contributed by atoms with Gasteiger partial charge in [0.1, 0.15) is 6.61 Å². The summed E-state index contributed by atoms with van der Waals surface area (Å²) >= 11 is 5.95. The lowest BCUT2D eigenvalue weighted by Crippen LogP contribution is -2.06. The average Bonchev–Trinajstić information content (AvgIpc) is 2.87. The number of hydrogen-bond donors (Lipinski definition) is 1. The summed E-state index contributed by atoms with van der Waals surface area (Å²) in [5, 5.41) is 4.32. The van der Waals surface area contributed by atoms with Crippen LogP contribution in [-0.2, 0) is 17.9 Å². The highest BCUT2D eigenvalue weighted by Crippen LogP contribution is 2.23. The second-order valence-electron chi connectivity index (χ2n) is 3.99. The van der Waals surface area contributed by atoms with Crippen LogP contribution in [0, 0.1) is 0 Å². The van der Waals surface area contributed by atoms with Gasteiger partial charge in [0.15, 0.2) is 0 Å². The molecule has 1 aromatic heterocycles. The van der Waals surface area contributed by atoms with Crippen LogP contribution in [0.3, 0.4) is 0 Å². The molecule has 2 N–H and O–H groups in total. The lowest BCUT2D eigenvalue weighted by molar-refractivity contribution is 0.0473. The first-order valence-electron chi connectivity index (χ1n) is 5.84. The Balaban J connectivity index is 2.03. The topological polar surface area (TPSA) is 70.1 Å². The molecule has 0 spiro atoms. The highest BCUT2D eigenvalue weighted by molar-refractivity contribution is 6.36. The van der Waals surface area contributed by atoms with Gasteiger partial charge in [-0.05, 0) is 19.1 Å². The van der Waals surface area contributed by atoms with Crippen molar-refractivity contribution in [3.05, 3.63) is 46.7 Å². The zero-order valence-corrected chi connectivity index (χ0v) is 11.2. The largest absolute Gasteiger partial charge is 0.457 e. The Hall–Kier alpha value is -2.01. The quantitative estimate of drug-likeness (QED) is 0.689. The Labute approximate surface area is 115 Å². The Morgan fingerprint density at radius 1 is 1.53 bits per heavy atom. The van der Waals surface area contributed by atoms with Crippen LogP contribution in [0.25, 0.3) is 0 Å². The molecule has 0 radical (unpaired) electrons. The fourth-order valence-corrected chi connectivity index (χ4v) is 1.79. The minimum absolute atomic E-state index is 0.157. The standard InChI is InChI=1S/C13H14ClN3O2/c1-2-17-7-9(6-16-17)8-19-13(18)10-4-3-5-11(15)12(10)14/h3-7H,2,8,15H2,1H3. The molecule has 0 bridgehead atoms. The van der Waals surface area contributed by atoms with Crippen molar-refractivity contribution in [3.8, 4) is 0 Å². The molecule has 5 nitrogen and oxygen atoms in total. The molecule has 6 heteroatoms. The van der Waals surface area contributed by atoms with E-state index >= 15 is 0 Å². The Kier molecular flexibility index (Phi) is 4.06. The summed E-state index contributed by atoms with van der Waals surface area (Å²) in [6.07, 6.45) is 3.49. The predicted octanol–water partition coefficient (Wildman–Crippen LogP) is 2.50. The summed E-state index contributed by atoms with van der Waals surface area (Å²) in [6, 6.07) is 4.87. The smallest absolute Gasteiger partial charge is 0.340 e. The highest BCUT2D eigenvalue weighted by atomic mass is 35.5. The van der Waals surface area contributed by atoms with Gasteiger partial charge in [0.25, 0.3) is 0 Å². The molecule has 0 saturated carbocycles. The van der Waals surface area contributed by atoms with E-state index < -0.39 is 5.97 Å². The van der Waals surface area contributed by atoms with E-state index in [1.807, 2.05) is 13.1 Å². The van der Waals surface area contributed by atoms with E-state index in [1.165, 1.54) is 0 Å². The number of rotatable bonds is 4. The number of anilines is 1. The fraction of sp³-hybridized carbons (Fsp3) is 0.231. The number of nitrogens with two attached hydrogens (primary N) is 1. The van der Waals surface area contributed by atoms with Gasteiger partial charge in [-0.1, -0.05) is 17.7 Å². The third kappa shape index (κ3) is 3.06. The summed E-state index contributed by atoms with van der Waals surface area (Å²) in [4.78, 5) is 11.9. The molecule has 0 amide bonds. The number of ether oxygens (including phenoxy) is 1. The number of esters is 1. The number of carbonyl (C=O) groups is 1. The van der Waals surface area contributed by atoms with Gasteiger partial charge in [-0.15, -0.1) is 0 Å². The number of aromatic nitrogens is 2. The summed E-state index contributed by atoms with van der Waals surface area (Å²) in [6.45, 7) is 2.91. The van der Waals surface area contributed by atoms with Crippen molar-refractivity contribution in [2.75, 3.05) is 5.73 Å². The molecular weight excluding hydrogens is 266 g/mol. The van der Waals surface area contributed by atoms with Gasteiger partial charge >= 0.3 is 5.97 Å². The normalized spacial score (nSPS) is 10.4. The van der Waals surface area contributed by atoms with Crippen LogP contribution < -0.4 is 5.73 Å². The van der Waals surface area contributed by atoms with Gasteiger partial charge in [-0.3, -0.25) is 4.68 Å². The van der Waals surface area contributed by atoms with Crippen LogP contribution in [0.2, 0.25) is 5.02 Å². The number of nitrogen functional groups attached to an aromatic ring is 1. The van der Waals surface area contributed by atoms with Crippen molar-refractivity contribution in [3.63, 3.8) is 0 Å². The van der Waals surface area contributed by atoms with Crippen molar-refractivity contribution in [1.82, 2.24) is 9.78 Å². The zero-order valence-electron chi connectivity index (χ0n) is 10.5. The van der Waals surface area contributed by atoms with Crippen LogP contribution in [0.5, 0.6) is 0 Å². The molecule has 2 rings (SSSR count). The first kappa shape index (κ1) is 13.4. The number of nitrogens with zero attached hydrogens (tertiary/aromatic N) is 2. The van der Waals surface area contributed by atoms with E-state index in [9.17, 15) is 4.79 Å². The van der Waals surface area contributed by atoms with Gasteiger partial charge in [0.05, 0.1) is 22.5 Å². The first-order valence-corrected chi connectivity index (χ1v) is 6.22. The van der Waals surface area contributed by atoms with Gasteiger partial charge in [-0.25, -0.2) is 4.79 Å². The maximum Gasteiger partial charge on any atom is 0.340 e. The molecule has 2 aromatic rings. The number of halogens is 1. The van der Waals surface area contributed by atoms with E-state index in [-0.39, 0.29) is 17.2 Å². The Morgan fingerprint density at radius 3 is 3.00 bits per heavy atom. The third-order valence-corrected chi connectivity index (χ3v) is 3.05. The van der Waals surface area contributed by atoms with Crippen LogP contribution >= 0.6 is 11.6 Å². The van der Waals surface area contributed by atoms with Crippen LogP contribution in [0.15, 0.2) is 30.6 Å². The molecule has 0 aliphatic carbocycles. The van der Waals surface area contributed by atoms with E-state index in [0.717, 1.165) is 12.1 Å². The van der Waals surface area contributed by atoms with Crippen molar-refractivity contribution < 1.29 is 9.53 Å². The lowest BCUT2D eigenvalue weighted by atomic mass is 10.2. The van der Waals surface area contributed by atoms with Gasteiger partial charge < -0.3 is 10.5 Å². The highest BCUT2D eigenvalue weighted by Gasteiger charge is 2.13. The van der Waals surface area contributed by atoms with Crippen molar-refractivity contribution >= 4 is 23.3 Å². The predicted molar refractivity (Wildman–Crippen MR) is 72.9 cm³/mol. The van der Waals surface area contributed by atoms with Crippen LogP contribution in [0.4, 0.5) is 5.69 Å². The molecule has 1 heterocycles. The van der Waals surface area contributed by atoms with Gasteiger partial charge in [0, 0.05) is 18.3 Å². The maximum atomic E-state index is 11.9. The number of hydrogen-bond acceptors (Lipinski definition) is 4. The van der Waals surface area contributed by atoms with Crippen LogP contribution in [0.1, 0.15) is 22.8 Å². The fourth-order valence-electron chi connectivity index (χ4n) is 1.59.